The van der Waals surface area contributed by atoms with Gasteiger partial charge in [0.1, 0.15) is 0 Å². The Morgan fingerprint density at radius 1 is 1.11 bits per heavy atom. The van der Waals surface area contributed by atoms with Gasteiger partial charge in [-0.1, -0.05) is 13.8 Å². The number of non-ortho nitro benzene ring substituents is 1. The second-order valence-electron chi connectivity index (χ2n) is 2.87. The first kappa shape index (κ1) is 17.0. The highest BCUT2D eigenvalue weighted by atomic mass is 31.2. The van der Waals surface area contributed by atoms with Crippen LogP contribution in [-0.4, -0.2) is 18.1 Å². The quantitative estimate of drug-likeness (QED) is 0.451. The summed E-state index contributed by atoms with van der Waals surface area (Å²) < 4.78 is 10.9. The van der Waals surface area contributed by atoms with Crippen molar-refractivity contribution in [2.24, 2.45) is 0 Å². The fraction of sp³-hybridized carbons (Fsp3) is 0.500. The number of hydrogen-bond acceptors (Lipinski definition) is 4. The van der Waals surface area contributed by atoms with Crippen LogP contribution in [0.15, 0.2) is 24.3 Å². The Hall–Kier alpha value is -1.03. The summed E-state index contributed by atoms with van der Waals surface area (Å²) in [5.74, 6) is 0. The van der Waals surface area contributed by atoms with Crippen LogP contribution in [0.5, 0.6) is 0 Å². The van der Waals surface area contributed by atoms with Crippen LogP contribution in [0.1, 0.15) is 27.7 Å². The van der Waals surface area contributed by atoms with E-state index in [1.807, 2.05) is 27.7 Å². The largest absolute Gasteiger partial charge is 0.331 e. The molecule has 5 nitrogen and oxygen atoms in total. The smallest absolute Gasteiger partial charge is 0.269 e. The first-order valence-corrected chi connectivity index (χ1v) is 7.17. The molecule has 0 aliphatic rings. The standard InChI is InChI=1S/C10H14NO4P.C2H6/c1-3-14-16(15-4-2)10-7-5-9(6-8-10)11(12)13;1-2/h5-8H,3-4H2,1-2H3;1-2H3. The lowest BCUT2D eigenvalue weighted by atomic mass is 10.3. The Bertz CT molecular complexity index is 336. The molecule has 0 N–H and O–H groups in total. The van der Waals surface area contributed by atoms with Crippen LogP contribution in [0.25, 0.3) is 0 Å². The second kappa shape index (κ2) is 9.95. The van der Waals surface area contributed by atoms with Crippen molar-refractivity contribution in [2.75, 3.05) is 13.2 Å². The topological polar surface area (TPSA) is 61.6 Å². The molecule has 0 aromatic heterocycles. The molecule has 6 heteroatoms. The molecule has 0 radical (unpaired) electrons. The van der Waals surface area contributed by atoms with Gasteiger partial charge in [-0.05, 0) is 26.0 Å². The highest BCUT2D eigenvalue weighted by Gasteiger charge is 2.14. The number of hydrogen-bond donors (Lipinski definition) is 0. The summed E-state index contributed by atoms with van der Waals surface area (Å²) in [6.07, 6.45) is 0. The van der Waals surface area contributed by atoms with Gasteiger partial charge < -0.3 is 9.05 Å². The van der Waals surface area contributed by atoms with E-state index >= 15 is 0 Å². The first-order chi connectivity index (χ1) is 8.69. The minimum absolute atomic E-state index is 0.0756. The van der Waals surface area contributed by atoms with Gasteiger partial charge >= 0.3 is 0 Å². The van der Waals surface area contributed by atoms with Crippen molar-refractivity contribution >= 4 is 19.4 Å². The van der Waals surface area contributed by atoms with E-state index in [4.69, 9.17) is 9.05 Å². The number of nitrogens with zero attached hydrogens (tertiary/aromatic N) is 1. The van der Waals surface area contributed by atoms with Crippen molar-refractivity contribution in [1.29, 1.82) is 0 Å². The van der Waals surface area contributed by atoms with Crippen molar-refractivity contribution in [3.05, 3.63) is 34.4 Å². The van der Waals surface area contributed by atoms with E-state index in [0.717, 1.165) is 5.30 Å². The van der Waals surface area contributed by atoms with Gasteiger partial charge in [0.2, 0.25) is 8.38 Å². The third kappa shape index (κ3) is 5.54. The van der Waals surface area contributed by atoms with Crippen molar-refractivity contribution < 1.29 is 14.0 Å². The fourth-order valence-corrected chi connectivity index (χ4v) is 2.35. The van der Waals surface area contributed by atoms with Crippen LogP contribution in [-0.2, 0) is 9.05 Å². The van der Waals surface area contributed by atoms with Crippen molar-refractivity contribution in [3.63, 3.8) is 0 Å². The molecule has 1 rings (SSSR count). The zero-order valence-electron chi connectivity index (χ0n) is 11.3. The van der Waals surface area contributed by atoms with Crippen LogP contribution in [0, 0.1) is 10.1 Å². The molecule has 0 spiro atoms. The molecule has 18 heavy (non-hydrogen) atoms. The summed E-state index contributed by atoms with van der Waals surface area (Å²) in [6.45, 7) is 8.89. The molecule has 0 unspecified atom stereocenters. The first-order valence-electron chi connectivity index (χ1n) is 5.99. The summed E-state index contributed by atoms with van der Waals surface area (Å²) in [5.41, 5.74) is 0.0756. The molecular weight excluding hydrogens is 253 g/mol. The van der Waals surface area contributed by atoms with Gasteiger partial charge in [0.05, 0.1) is 18.1 Å². The van der Waals surface area contributed by atoms with Crippen LogP contribution < -0.4 is 5.30 Å². The lowest BCUT2D eigenvalue weighted by Gasteiger charge is -2.15. The molecule has 0 amide bonds. The summed E-state index contributed by atoms with van der Waals surface area (Å²) in [5, 5.41) is 11.3. The van der Waals surface area contributed by atoms with Crippen LogP contribution >= 0.6 is 8.38 Å². The van der Waals surface area contributed by atoms with Gasteiger partial charge in [0.15, 0.2) is 0 Å². The molecule has 0 bridgehead atoms. The predicted octanol–water partition coefficient (Wildman–Crippen LogP) is 3.63. The van der Waals surface area contributed by atoms with Gasteiger partial charge in [-0.15, -0.1) is 0 Å². The number of nitro benzene ring substituents is 1. The maximum atomic E-state index is 10.5. The molecule has 0 saturated carbocycles. The minimum Gasteiger partial charge on any atom is -0.331 e. The van der Waals surface area contributed by atoms with Gasteiger partial charge in [-0.25, -0.2) is 0 Å². The summed E-state index contributed by atoms with van der Waals surface area (Å²) in [4.78, 5) is 10.1. The Morgan fingerprint density at radius 3 is 1.89 bits per heavy atom. The van der Waals surface area contributed by atoms with Gasteiger partial charge in [0, 0.05) is 17.4 Å². The van der Waals surface area contributed by atoms with E-state index in [1.54, 1.807) is 12.1 Å². The Morgan fingerprint density at radius 2 is 1.56 bits per heavy atom. The molecule has 0 aliphatic heterocycles. The fourth-order valence-electron chi connectivity index (χ4n) is 1.12. The average Bonchev–Trinajstić information content (AvgIpc) is 2.41. The van der Waals surface area contributed by atoms with Crippen LogP contribution in [0.2, 0.25) is 0 Å². The van der Waals surface area contributed by atoms with Crippen molar-refractivity contribution in [1.82, 2.24) is 0 Å². The second-order valence-corrected chi connectivity index (χ2v) is 4.41. The van der Waals surface area contributed by atoms with E-state index in [2.05, 4.69) is 0 Å². The molecule has 0 aliphatic carbocycles. The molecule has 0 saturated heterocycles. The predicted molar refractivity (Wildman–Crippen MR) is 74.3 cm³/mol. The lowest BCUT2D eigenvalue weighted by molar-refractivity contribution is -0.384. The van der Waals surface area contributed by atoms with E-state index < -0.39 is 13.3 Å². The average molecular weight is 273 g/mol. The molecule has 1 aromatic rings. The Labute approximate surface area is 109 Å². The molecule has 0 fully saturated rings. The summed E-state index contributed by atoms with van der Waals surface area (Å²) in [7, 11) is -1.11. The van der Waals surface area contributed by atoms with Crippen molar-refractivity contribution in [2.45, 2.75) is 27.7 Å². The third-order valence-electron chi connectivity index (χ3n) is 1.76. The highest BCUT2D eigenvalue weighted by Crippen LogP contribution is 2.37. The zero-order valence-corrected chi connectivity index (χ0v) is 12.1. The SMILES string of the molecule is CC.CCOP(OCC)c1ccc([N+](=O)[O-])cc1. The normalized spacial score (nSPS) is 9.83. The van der Waals surface area contributed by atoms with E-state index in [-0.39, 0.29) is 5.69 Å². The number of benzene rings is 1. The third-order valence-corrected chi connectivity index (χ3v) is 3.47. The van der Waals surface area contributed by atoms with Crippen LogP contribution in [0.4, 0.5) is 5.69 Å². The van der Waals surface area contributed by atoms with Gasteiger partial charge in [-0.2, -0.15) is 0 Å². The monoisotopic (exact) mass is 273 g/mol. The van der Waals surface area contributed by atoms with E-state index in [1.165, 1.54) is 12.1 Å². The summed E-state index contributed by atoms with van der Waals surface area (Å²) >= 11 is 0. The Kier molecular flexibility index (Phi) is 9.38. The summed E-state index contributed by atoms with van der Waals surface area (Å²) in [6, 6.07) is 6.27. The minimum atomic E-state index is -1.11. The number of rotatable bonds is 6. The molecule has 1 aromatic carbocycles. The van der Waals surface area contributed by atoms with Crippen molar-refractivity contribution in [3.8, 4) is 0 Å². The molecule has 102 valence electrons. The zero-order chi connectivity index (χ0) is 14.0. The van der Waals surface area contributed by atoms with E-state index in [0.29, 0.717) is 13.2 Å². The highest BCUT2D eigenvalue weighted by molar-refractivity contribution is 7.56. The number of nitro groups is 1. The molecule has 0 atom stereocenters. The molecular formula is C12H20NO4P. The van der Waals surface area contributed by atoms with Crippen LogP contribution in [0.3, 0.4) is 0 Å². The maximum absolute atomic E-state index is 10.5. The van der Waals surface area contributed by atoms with E-state index in [9.17, 15) is 10.1 Å². The molecule has 0 heterocycles. The Balaban J connectivity index is 0.00000137. The maximum Gasteiger partial charge on any atom is 0.269 e. The van der Waals surface area contributed by atoms with Gasteiger partial charge in [0.25, 0.3) is 5.69 Å². The van der Waals surface area contributed by atoms with Gasteiger partial charge in [-0.3, -0.25) is 10.1 Å². The lowest BCUT2D eigenvalue weighted by Crippen LogP contribution is -2.06.